The number of ether oxygens (including phenoxy) is 2. The lowest BCUT2D eigenvalue weighted by Gasteiger charge is -2.22. The number of allylic oxidation sites excluding steroid dienone is 2. The maximum Gasteiger partial charge on any atom is 0.229 e. The minimum absolute atomic E-state index is 0.103. The molecule has 1 saturated heterocycles. The van der Waals surface area contributed by atoms with Gasteiger partial charge in [-0.2, -0.15) is 10.2 Å². The molecule has 0 radical (unpaired) electrons. The van der Waals surface area contributed by atoms with Crippen molar-refractivity contribution in [3.8, 4) is 23.1 Å². The number of nitrogens with zero attached hydrogens (tertiary/aromatic N) is 4. The largest absolute Gasteiger partial charge is 0.513 e. The van der Waals surface area contributed by atoms with Crippen LogP contribution in [0, 0.1) is 35.4 Å². The highest BCUT2D eigenvalue weighted by molar-refractivity contribution is 7.23. The van der Waals surface area contributed by atoms with Crippen molar-refractivity contribution in [3.63, 3.8) is 0 Å². The number of aliphatic hydroxyl groups is 1. The van der Waals surface area contributed by atoms with Crippen LogP contribution in [0.1, 0.15) is 103 Å². The molecule has 2 aliphatic heterocycles. The Morgan fingerprint density at radius 3 is 2.38 bits per heavy atom. The number of aromatic nitrogens is 2. The first kappa shape index (κ1) is 40.2. The number of thiophene rings is 1. The van der Waals surface area contributed by atoms with Crippen LogP contribution in [-0.2, 0) is 18.0 Å². The Bertz CT molecular complexity index is 1870. The van der Waals surface area contributed by atoms with E-state index in [9.17, 15) is 5.26 Å². The summed E-state index contributed by atoms with van der Waals surface area (Å²) < 4.78 is 28.5. The van der Waals surface area contributed by atoms with E-state index in [0.717, 1.165) is 52.7 Å². The lowest BCUT2D eigenvalue weighted by Crippen LogP contribution is -2.22. The molecule has 4 aromatic rings. The van der Waals surface area contributed by atoms with Crippen LogP contribution >= 0.6 is 11.3 Å². The lowest BCUT2D eigenvalue weighted by atomic mass is 9.87. The number of fused-ring (bicyclic) bond motifs is 4. The summed E-state index contributed by atoms with van der Waals surface area (Å²) in [4.78, 5) is 12.0. The van der Waals surface area contributed by atoms with Crippen molar-refractivity contribution in [3.05, 3.63) is 52.0 Å². The average Bonchev–Trinajstić information content (AvgIpc) is 3.84. The number of benzene rings is 2. The van der Waals surface area contributed by atoms with Gasteiger partial charge in [-0.05, 0) is 80.0 Å². The van der Waals surface area contributed by atoms with Gasteiger partial charge in [0.15, 0.2) is 0 Å². The fourth-order valence-electron chi connectivity index (χ4n) is 5.90. The topological polar surface area (TPSA) is 141 Å². The molecule has 6 rings (SSSR count). The van der Waals surface area contributed by atoms with Crippen LogP contribution in [-0.4, -0.2) is 40.5 Å². The molecule has 9 nitrogen and oxygen atoms in total. The molecule has 1 unspecified atom stereocenters. The highest BCUT2D eigenvalue weighted by Crippen LogP contribution is 2.48. The number of hydrogen-bond donors (Lipinski definition) is 3. The van der Waals surface area contributed by atoms with Crippen molar-refractivity contribution in [2.24, 2.45) is 5.92 Å². The molecule has 4 N–H and O–H groups in total. The highest BCUT2D eigenvalue weighted by Gasteiger charge is 2.31. The zero-order valence-electron chi connectivity index (χ0n) is 31.1. The molecule has 0 amide bonds. The Kier molecular flexibility index (Phi) is 15.0. The number of aryl methyl sites for hydroxylation is 1. The maximum absolute atomic E-state index is 15.8. The summed E-state index contributed by atoms with van der Waals surface area (Å²) >= 11 is 1.28. The number of unbranched alkanes of at least 4 members (excludes halogenated alkanes) is 1. The first-order chi connectivity index (χ1) is 24.0. The van der Waals surface area contributed by atoms with Crippen molar-refractivity contribution in [2.75, 3.05) is 30.3 Å². The van der Waals surface area contributed by atoms with Gasteiger partial charge >= 0.3 is 0 Å². The third-order valence-electron chi connectivity index (χ3n) is 8.38. The summed E-state index contributed by atoms with van der Waals surface area (Å²) in [5, 5.41) is 27.8. The molecule has 2 aromatic carbocycles. The second kappa shape index (κ2) is 18.6. The minimum Gasteiger partial charge on any atom is -0.513 e. The number of halogens is 1. The third-order valence-corrected chi connectivity index (χ3v) is 9.37. The normalized spacial score (nSPS) is 14.9. The zero-order chi connectivity index (χ0) is 37.1. The Morgan fingerprint density at radius 2 is 1.84 bits per heavy atom. The van der Waals surface area contributed by atoms with Crippen LogP contribution in [0.5, 0.6) is 5.88 Å². The van der Waals surface area contributed by atoms with E-state index in [4.69, 9.17) is 35.7 Å². The van der Waals surface area contributed by atoms with E-state index in [1.807, 2.05) is 27.7 Å². The van der Waals surface area contributed by atoms with Crippen molar-refractivity contribution < 1.29 is 19.0 Å². The van der Waals surface area contributed by atoms with Crippen LogP contribution in [0.2, 0.25) is 0 Å². The SMILES string of the molecule is CC.CC(=N)COc1nc(N2CCC(C)C2)nc2c(C)c(-c3c(F)ccc4sc(N)c(C#N)c34)c3c(c12)COC3.CC/C=C(\C)O.CCCC. The van der Waals surface area contributed by atoms with Gasteiger partial charge in [0.25, 0.3) is 0 Å². The van der Waals surface area contributed by atoms with Crippen LogP contribution in [0.3, 0.4) is 0 Å². The van der Waals surface area contributed by atoms with Crippen molar-refractivity contribution in [1.29, 1.82) is 10.7 Å². The van der Waals surface area contributed by atoms with Gasteiger partial charge in [0.05, 0.1) is 35.4 Å². The molecule has 4 heterocycles. The zero-order valence-corrected chi connectivity index (χ0v) is 31.9. The molecule has 0 aliphatic carbocycles. The van der Waals surface area contributed by atoms with Gasteiger partial charge in [0.2, 0.25) is 11.8 Å². The van der Waals surface area contributed by atoms with Gasteiger partial charge in [-0.1, -0.05) is 54.4 Å². The summed E-state index contributed by atoms with van der Waals surface area (Å²) in [7, 11) is 0. The fraction of sp³-hybridized carbons (Fsp3) is 0.487. The first-order valence-corrected chi connectivity index (χ1v) is 18.4. The first-order valence-electron chi connectivity index (χ1n) is 17.6. The number of anilines is 2. The molecule has 1 fully saturated rings. The average molecular weight is 705 g/mol. The summed E-state index contributed by atoms with van der Waals surface area (Å²) in [6.45, 7) is 20.2. The molecular formula is C39H53FN6O3S. The van der Waals surface area contributed by atoms with Crippen LogP contribution in [0.15, 0.2) is 24.0 Å². The molecule has 50 heavy (non-hydrogen) atoms. The predicted octanol–water partition coefficient (Wildman–Crippen LogP) is 10.4. The van der Waals surface area contributed by atoms with Crippen LogP contribution < -0.4 is 15.4 Å². The Morgan fingerprint density at radius 1 is 1.16 bits per heavy atom. The van der Waals surface area contributed by atoms with Gasteiger partial charge in [-0.3, -0.25) is 0 Å². The Labute approximate surface area is 300 Å². The van der Waals surface area contributed by atoms with Gasteiger partial charge in [0.1, 0.15) is 23.5 Å². The molecule has 2 aliphatic rings. The van der Waals surface area contributed by atoms with E-state index in [1.54, 1.807) is 26.0 Å². The fourth-order valence-corrected chi connectivity index (χ4v) is 6.83. The van der Waals surface area contributed by atoms with Gasteiger partial charge < -0.3 is 30.6 Å². The number of nitriles is 1. The quantitative estimate of drug-likeness (QED) is 0.127. The molecule has 0 saturated carbocycles. The summed E-state index contributed by atoms with van der Waals surface area (Å²) in [5.74, 6) is 1.47. The van der Waals surface area contributed by atoms with E-state index in [-0.39, 0.29) is 18.8 Å². The van der Waals surface area contributed by atoms with Crippen molar-refractivity contribution in [2.45, 2.75) is 101 Å². The van der Waals surface area contributed by atoms with Crippen molar-refractivity contribution in [1.82, 2.24) is 9.97 Å². The minimum atomic E-state index is -0.429. The summed E-state index contributed by atoms with van der Waals surface area (Å²) in [5.41, 5.74) is 10.9. The molecule has 0 spiro atoms. The van der Waals surface area contributed by atoms with E-state index in [1.165, 1.54) is 30.2 Å². The molecular weight excluding hydrogens is 652 g/mol. The second-order valence-corrected chi connectivity index (χ2v) is 13.5. The summed E-state index contributed by atoms with van der Waals surface area (Å²) in [6, 6.07) is 5.28. The van der Waals surface area contributed by atoms with E-state index < -0.39 is 5.82 Å². The van der Waals surface area contributed by atoms with E-state index in [0.29, 0.717) is 62.9 Å². The van der Waals surface area contributed by atoms with E-state index in [2.05, 4.69) is 31.7 Å². The molecule has 1 atom stereocenters. The van der Waals surface area contributed by atoms with Crippen LogP contribution in [0.25, 0.3) is 32.1 Å². The lowest BCUT2D eigenvalue weighted by molar-refractivity contribution is 0.135. The second-order valence-electron chi connectivity index (χ2n) is 12.4. The number of hydrogen-bond acceptors (Lipinski definition) is 10. The maximum atomic E-state index is 15.8. The number of nitrogens with one attached hydrogen (secondary N) is 1. The molecule has 11 heteroatoms. The highest BCUT2D eigenvalue weighted by atomic mass is 32.1. The number of nitrogens with two attached hydrogens (primary N) is 1. The van der Waals surface area contributed by atoms with Gasteiger partial charge in [-0.15, -0.1) is 11.3 Å². The van der Waals surface area contributed by atoms with Crippen molar-refractivity contribution >= 4 is 49.0 Å². The third kappa shape index (κ3) is 8.90. The monoisotopic (exact) mass is 704 g/mol. The number of nitrogen functional groups attached to an aromatic ring is 1. The standard InChI is InChI=1S/C28H27FN6O2S.C5H10O.C4H10.C2H6/c1-13-6-7-35(9-13)28-33-25-15(3)21(24-19(29)4-5-20-22(24)16(8-30)26(32)38-20)17-11-36-12-18(17)23(25)27(34-28)37-10-14(2)31;1-3-4-5(2)6;1-3-4-2;1-2/h4-5,13,31H,6-7,9-12,32H2,1-3H3;4,6H,3H2,1-2H3;3-4H2,1-2H3;1-2H3/b;5-4+;;. The molecule has 0 bridgehead atoms. The van der Waals surface area contributed by atoms with E-state index >= 15 is 4.39 Å². The van der Waals surface area contributed by atoms with Gasteiger partial charge in [0, 0.05) is 34.5 Å². The molecule has 2 aromatic heterocycles. The number of rotatable bonds is 7. The smallest absolute Gasteiger partial charge is 0.229 e. The Hall–Kier alpha value is -4.27. The van der Waals surface area contributed by atoms with Gasteiger partial charge in [-0.25, -0.2) is 9.37 Å². The predicted molar refractivity (Wildman–Crippen MR) is 206 cm³/mol. The summed E-state index contributed by atoms with van der Waals surface area (Å²) in [6.07, 6.45) is 6.37. The number of aliphatic hydroxyl groups excluding tert-OH is 1. The van der Waals surface area contributed by atoms with Crippen LogP contribution in [0.4, 0.5) is 15.3 Å². The Balaban J connectivity index is 0.000000492. The molecule has 270 valence electrons.